The molecule has 1 aromatic rings. The molecule has 0 saturated carbocycles. The topological polar surface area (TPSA) is 58.6 Å². The van der Waals surface area contributed by atoms with E-state index in [9.17, 15) is 4.79 Å². The third-order valence-electron chi connectivity index (χ3n) is 1.79. The molecular weight excluding hydrogens is 194 g/mol. The van der Waals surface area contributed by atoms with E-state index in [-0.39, 0.29) is 6.61 Å². The highest BCUT2D eigenvalue weighted by molar-refractivity contribution is 5.84. The number of hydrogen-bond acceptors (Lipinski definition) is 3. The standard InChI is InChI=1S/C11H13NO3/c1-2-15-11(14)12-10-5-3-9(4-6-10)7-8-13/h2-6,13H,1,7-8H2,(H,12,14). The van der Waals surface area contributed by atoms with Gasteiger partial charge in [-0.25, -0.2) is 4.79 Å². The third kappa shape index (κ3) is 3.83. The fourth-order valence-electron chi connectivity index (χ4n) is 1.11. The molecule has 1 rings (SSSR count). The molecule has 0 radical (unpaired) electrons. The van der Waals surface area contributed by atoms with Gasteiger partial charge in [0.2, 0.25) is 0 Å². The first-order valence-corrected chi connectivity index (χ1v) is 4.54. The van der Waals surface area contributed by atoms with E-state index in [4.69, 9.17) is 5.11 Å². The highest BCUT2D eigenvalue weighted by Crippen LogP contribution is 2.10. The Morgan fingerprint density at radius 3 is 2.67 bits per heavy atom. The summed E-state index contributed by atoms with van der Waals surface area (Å²) in [5.74, 6) is 0. The largest absolute Gasteiger partial charge is 0.419 e. The van der Waals surface area contributed by atoms with Gasteiger partial charge in [0.1, 0.15) is 0 Å². The summed E-state index contributed by atoms with van der Waals surface area (Å²) in [5, 5.41) is 11.2. The van der Waals surface area contributed by atoms with Crippen LogP contribution in [0.25, 0.3) is 0 Å². The van der Waals surface area contributed by atoms with Crippen LogP contribution in [0.5, 0.6) is 0 Å². The average Bonchev–Trinajstić information content (AvgIpc) is 2.22. The van der Waals surface area contributed by atoms with Crippen molar-refractivity contribution in [2.24, 2.45) is 0 Å². The SMILES string of the molecule is C=COC(=O)Nc1ccc(CCO)cc1. The predicted molar refractivity (Wildman–Crippen MR) is 57.5 cm³/mol. The van der Waals surface area contributed by atoms with E-state index in [0.29, 0.717) is 12.1 Å². The molecule has 0 bridgehead atoms. The van der Waals surface area contributed by atoms with Crippen LogP contribution in [0.4, 0.5) is 10.5 Å². The number of anilines is 1. The molecule has 2 N–H and O–H groups in total. The number of hydrogen-bond donors (Lipinski definition) is 2. The number of nitrogens with one attached hydrogen (secondary N) is 1. The Morgan fingerprint density at radius 2 is 2.13 bits per heavy atom. The van der Waals surface area contributed by atoms with Crippen LogP contribution >= 0.6 is 0 Å². The van der Waals surface area contributed by atoms with Crippen molar-refractivity contribution in [1.29, 1.82) is 0 Å². The number of aliphatic hydroxyl groups excluding tert-OH is 1. The first kappa shape index (κ1) is 11.3. The number of carbonyl (C=O) groups is 1. The fourth-order valence-corrected chi connectivity index (χ4v) is 1.11. The molecule has 0 aliphatic heterocycles. The minimum atomic E-state index is -0.570. The smallest absolute Gasteiger partial charge is 0.416 e. The molecule has 1 amide bonds. The zero-order valence-electron chi connectivity index (χ0n) is 8.27. The van der Waals surface area contributed by atoms with Crippen molar-refractivity contribution in [3.8, 4) is 0 Å². The molecule has 0 aliphatic rings. The highest BCUT2D eigenvalue weighted by atomic mass is 16.5. The number of ether oxygens (including phenoxy) is 1. The van der Waals surface area contributed by atoms with E-state index < -0.39 is 6.09 Å². The van der Waals surface area contributed by atoms with Crippen LogP contribution in [0.15, 0.2) is 37.1 Å². The second kappa shape index (κ2) is 5.82. The van der Waals surface area contributed by atoms with Gasteiger partial charge < -0.3 is 9.84 Å². The van der Waals surface area contributed by atoms with Crippen LogP contribution in [0.2, 0.25) is 0 Å². The van der Waals surface area contributed by atoms with E-state index in [1.807, 2.05) is 12.1 Å². The Labute approximate surface area is 88.2 Å². The van der Waals surface area contributed by atoms with E-state index >= 15 is 0 Å². The molecule has 0 aromatic heterocycles. The average molecular weight is 207 g/mol. The zero-order chi connectivity index (χ0) is 11.1. The first-order valence-electron chi connectivity index (χ1n) is 4.54. The van der Waals surface area contributed by atoms with Gasteiger partial charge in [-0.3, -0.25) is 5.32 Å². The molecule has 15 heavy (non-hydrogen) atoms. The first-order chi connectivity index (χ1) is 7.26. The van der Waals surface area contributed by atoms with E-state index in [2.05, 4.69) is 16.6 Å². The van der Waals surface area contributed by atoms with Gasteiger partial charge in [-0.05, 0) is 24.1 Å². The maximum atomic E-state index is 11.0. The van der Waals surface area contributed by atoms with Gasteiger partial charge in [0.25, 0.3) is 0 Å². The lowest BCUT2D eigenvalue weighted by atomic mass is 10.1. The summed E-state index contributed by atoms with van der Waals surface area (Å²) in [6.07, 6.45) is 1.10. The number of aliphatic hydroxyl groups is 1. The molecule has 0 spiro atoms. The molecule has 0 fully saturated rings. The van der Waals surface area contributed by atoms with Crippen molar-refractivity contribution < 1.29 is 14.6 Å². The lowest BCUT2D eigenvalue weighted by molar-refractivity contribution is 0.201. The van der Waals surface area contributed by atoms with Gasteiger partial charge in [0, 0.05) is 12.3 Å². The minimum absolute atomic E-state index is 0.116. The summed E-state index contributed by atoms with van der Waals surface area (Å²) in [7, 11) is 0. The van der Waals surface area contributed by atoms with Crippen LogP contribution in [0, 0.1) is 0 Å². The van der Waals surface area contributed by atoms with Crippen molar-refractivity contribution in [1.82, 2.24) is 0 Å². The van der Waals surface area contributed by atoms with E-state index in [1.165, 1.54) is 0 Å². The monoisotopic (exact) mass is 207 g/mol. The Morgan fingerprint density at radius 1 is 1.47 bits per heavy atom. The second-order valence-corrected chi connectivity index (χ2v) is 2.87. The van der Waals surface area contributed by atoms with E-state index in [0.717, 1.165) is 11.8 Å². The van der Waals surface area contributed by atoms with Crippen molar-refractivity contribution in [2.75, 3.05) is 11.9 Å². The van der Waals surface area contributed by atoms with Crippen LogP contribution in [0.3, 0.4) is 0 Å². The molecule has 4 heteroatoms. The second-order valence-electron chi connectivity index (χ2n) is 2.87. The van der Waals surface area contributed by atoms with Gasteiger partial charge in [-0.1, -0.05) is 18.7 Å². The highest BCUT2D eigenvalue weighted by Gasteiger charge is 2.00. The lowest BCUT2D eigenvalue weighted by Gasteiger charge is -2.04. The fraction of sp³-hybridized carbons (Fsp3) is 0.182. The molecule has 80 valence electrons. The van der Waals surface area contributed by atoms with Crippen molar-refractivity contribution in [3.63, 3.8) is 0 Å². The number of amides is 1. The van der Waals surface area contributed by atoms with Crippen molar-refractivity contribution in [2.45, 2.75) is 6.42 Å². The van der Waals surface area contributed by atoms with Crippen molar-refractivity contribution >= 4 is 11.8 Å². The number of carbonyl (C=O) groups excluding carboxylic acids is 1. The Hall–Kier alpha value is -1.81. The Bertz CT molecular complexity index is 332. The maximum absolute atomic E-state index is 11.0. The zero-order valence-corrected chi connectivity index (χ0v) is 8.27. The summed E-state index contributed by atoms with van der Waals surface area (Å²) < 4.78 is 4.50. The van der Waals surface area contributed by atoms with Crippen LogP contribution < -0.4 is 5.32 Å². The third-order valence-corrected chi connectivity index (χ3v) is 1.79. The molecule has 0 saturated heterocycles. The van der Waals surface area contributed by atoms with Gasteiger partial charge >= 0.3 is 6.09 Å². The molecule has 1 aromatic carbocycles. The molecule has 0 heterocycles. The summed E-state index contributed by atoms with van der Waals surface area (Å²) in [6, 6.07) is 7.16. The summed E-state index contributed by atoms with van der Waals surface area (Å²) in [4.78, 5) is 11.0. The quantitative estimate of drug-likeness (QED) is 0.741. The van der Waals surface area contributed by atoms with Crippen molar-refractivity contribution in [3.05, 3.63) is 42.7 Å². The van der Waals surface area contributed by atoms with Gasteiger partial charge in [-0.2, -0.15) is 0 Å². The number of rotatable bonds is 4. The van der Waals surface area contributed by atoms with Crippen LogP contribution in [-0.4, -0.2) is 17.8 Å². The lowest BCUT2D eigenvalue weighted by Crippen LogP contribution is -2.10. The predicted octanol–water partition coefficient (Wildman–Crippen LogP) is 1.91. The molecule has 0 atom stereocenters. The minimum Gasteiger partial charge on any atom is -0.419 e. The normalized spacial score (nSPS) is 9.40. The van der Waals surface area contributed by atoms with E-state index in [1.54, 1.807) is 12.1 Å². The Kier molecular flexibility index (Phi) is 4.37. The summed E-state index contributed by atoms with van der Waals surface area (Å²) in [5.41, 5.74) is 1.66. The molecule has 4 nitrogen and oxygen atoms in total. The Balaban J connectivity index is 2.56. The maximum Gasteiger partial charge on any atom is 0.416 e. The number of benzene rings is 1. The van der Waals surface area contributed by atoms with Crippen LogP contribution in [0.1, 0.15) is 5.56 Å². The molecular formula is C11H13NO3. The van der Waals surface area contributed by atoms with Gasteiger partial charge in [0.15, 0.2) is 0 Å². The molecule has 0 aliphatic carbocycles. The van der Waals surface area contributed by atoms with Crippen LogP contribution in [-0.2, 0) is 11.2 Å². The van der Waals surface area contributed by atoms with Gasteiger partial charge in [-0.15, -0.1) is 0 Å². The molecule has 0 unspecified atom stereocenters. The summed E-state index contributed by atoms with van der Waals surface area (Å²) >= 11 is 0. The summed E-state index contributed by atoms with van der Waals surface area (Å²) in [6.45, 7) is 3.39. The van der Waals surface area contributed by atoms with Gasteiger partial charge in [0.05, 0.1) is 6.26 Å².